The molecule has 0 radical (unpaired) electrons. The highest BCUT2D eigenvalue weighted by Gasteiger charge is 2.06. The van der Waals surface area contributed by atoms with E-state index in [1.807, 2.05) is 13.8 Å². The summed E-state index contributed by atoms with van der Waals surface area (Å²) in [6.07, 6.45) is 4.82. The van der Waals surface area contributed by atoms with E-state index < -0.39 is 0 Å². The smallest absolute Gasteiger partial charge is 0.244 e. The molecule has 1 aromatic rings. The largest absolute Gasteiger partial charge is 0.356 e. The van der Waals surface area contributed by atoms with Crippen LogP contribution in [0.5, 0.6) is 0 Å². The van der Waals surface area contributed by atoms with E-state index in [0.29, 0.717) is 37.5 Å². The van der Waals surface area contributed by atoms with Gasteiger partial charge in [-0.2, -0.15) is 0 Å². The molecule has 0 bridgehead atoms. The normalized spacial score (nSPS) is 11.0. The van der Waals surface area contributed by atoms with Gasteiger partial charge < -0.3 is 10.6 Å². The average Bonchev–Trinajstić information content (AvgIpc) is 3.01. The fraction of sp³-hybridized carbons (Fsp3) is 0.562. The van der Waals surface area contributed by atoms with Crippen molar-refractivity contribution in [3.63, 3.8) is 0 Å². The second-order valence-corrected chi connectivity index (χ2v) is 5.79. The lowest BCUT2D eigenvalue weighted by atomic mass is 10.2. The van der Waals surface area contributed by atoms with Gasteiger partial charge in [0.15, 0.2) is 5.78 Å². The van der Waals surface area contributed by atoms with Gasteiger partial charge in [0.05, 0.1) is 19.3 Å². The summed E-state index contributed by atoms with van der Waals surface area (Å²) >= 11 is 0. The van der Waals surface area contributed by atoms with Crippen LogP contribution in [0.4, 0.5) is 0 Å². The van der Waals surface area contributed by atoms with Crippen molar-refractivity contribution >= 4 is 17.6 Å². The van der Waals surface area contributed by atoms with Crippen LogP contribution in [0.1, 0.15) is 39.3 Å². The Morgan fingerprint density at radius 1 is 1.25 bits per heavy atom. The Balaban J connectivity index is 2.33. The molecule has 24 heavy (non-hydrogen) atoms. The van der Waals surface area contributed by atoms with E-state index >= 15 is 0 Å². The van der Waals surface area contributed by atoms with E-state index in [-0.39, 0.29) is 24.1 Å². The number of ketones is 1. The maximum Gasteiger partial charge on any atom is 0.244 e. The van der Waals surface area contributed by atoms with Crippen LogP contribution >= 0.6 is 0 Å². The van der Waals surface area contributed by atoms with E-state index in [4.69, 9.17) is 0 Å². The Bertz CT molecular complexity index is 592. The molecule has 2 amide bonds. The van der Waals surface area contributed by atoms with Gasteiger partial charge in [0.1, 0.15) is 5.69 Å². The molecule has 2 N–H and O–H groups in total. The first-order valence-corrected chi connectivity index (χ1v) is 8.05. The first-order chi connectivity index (χ1) is 11.4. The number of carbonyl (C=O) groups is 3. The minimum atomic E-state index is -0.362. The first-order valence-electron chi connectivity index (χ1n) is 8.05. The van der Waals surface area contributed by atoms with Crippen LogP contribution in [0.25, 0.3) is 0 Å². The van der Waals surface area contributed by atoms with Crippen molar-refractivity contribution in [2.75, 3.05) is 6.54 Å². The second-order valence-electron chi connectivity index (χ2n) is 5.79. The molecule has 0 aliphatic rings. The van der Waals surface area contributed by atoms with E-state index in [1.165, 1.54) is 12.2 Å². The predicted octanol–water partition coefficient (Wildman–Crippen LogP) is 0.592. The fourth-order valence-electron chi connectivity index (χ4n) is 1.67. The van der Waals surface area contributed by atoms with Crippen molar-refractivity contribution in [3.05, 3.63) is 24.0 Å². The molecule has 0 aromatic carbocycles. The number of rotatable bonds is 10. The van der Waals surface area contributed by atoms with Crippen molar-refractivity contribution in [2.24, 2.45) is 5.92 Å². The molecule has 8 heteroatoms. The highest BCUT2D eigenvalue weighted by molar-refractivity contribution is 5.97. The Morgan fingerprint density at radius 2 is 2.00 bits per heavy atom. The molecule has 1 rings (SSSR count). The monoisotopic (exact) mass is 335 g/mol. The van der Waals surface area contributed by atoms with Gasteiger partial charge in [0.25, 0.3) is 0 Å². The second kappa shape index (κ2) is 10.3. The van der Waals surface area contributed by atoms with Crippen molar-refractivity contribution in [3.8, 4) is 0 Å². The summed E-state index contributed by atoms with van der Waals surface area (Å²) in [5, 5.41) is 13.3. The van der Waals surface area contributed by atoms with Gasteiger partial charge in [-0.3, -0.25) is 19.1 Å². The summed E-state index contributed by atoms with van der Waals surface area (Å²) in [5.41, 5.74) is 0.584. The van der Waals surface area contributed by atoms with Crippen LogP contribution in [-0.2, 0) is 27.5 Å². The van der Waals surface area contributed by atoms with Gasteiger partial charge in [-0.1, -0.05) is 26.0 Å². The molecule has 0 fully saturated rings. The van der Waals surface area contributed by atoms with Crippen molar-refractivity contribution in [1.29, 1.82) is 0 Å². The molecule has 0 aliphatic heterocycles. The van der Waals surface area contributed by atoms with Crippen LogP contribution in [0.2, 0.25) is 0 Å². The van der Waals surface area contributed by atoms with Crippen LogP contribution in [0.3, 0.4) is 0 Å². The number of amides is 2. The zero-order chi connectivity index (χ0) is 17.9. The minimum absolute atomic E-state index is 0.0280. The number of allylic oxidation sites excluding steroid dienone is 1. The third-order valence-corrected chi connectivity index (χ3v) is 3.07. The van der Waals surface area contributed by atoms with E-state index in [2.05, 4.69) is 20.9 Å². The van der Waals surface area contributed by atoms with Crippen molar-refractivity contribution < 1.29 is 14.4 Å². The highest BCUT2D eigenvalue weighted by Crippen LogP contribution is 1.96. The first kappa shape index (κ1) is 19.5. The molecule has 0 saturated carbocycles. The van der Waals surface area contributed by atoms with Crippen LogP contribution in [0.15, 0.2) is 18.3 Å². The number of aromatic nitrogens is 3. The lowest BCUT2D eigenvalue weighted by Gasteiger charge is -2.07. The summed E-state index contributed by atoms with van der Waals surface area (Å²) in [7, 11) is 0. The molecule has 0 aliphatic carbocycles. The fourth-order valence-corrected chi connectivity index (χ4v) is 1.67. The summed E-state index contributed by atoms with van der Waals surface area (Å²) < 4.78 is 1.56. The van der Waals surface area contributed by atoms with Crippen molar-refractivity contribution in [1.82, 2.24) is 25.6 Å². The van der Waals surface area contributed by atoms with Crippen LogP contribution in [-0.4, -0.2) is 39.1 Å². The Hall–Kier alpha value is -2.51. The number of nitrogens with one attached hydrogen (secondary N) is 2. The van der Waals surface area contributed by atoms with Crippen LogP contribution in [0, 0.1) is 5.92 Å². The Labute approximate surface area is 141 Å². The van der Waals surface area contributed by atoms with E-state index in [1.54, 1.807) is 17.8 Å². The third kappa shape index (κ3) is 8.21. The maximum absolute atomic E-state index is 11.6. The highest BCUT2D eigenvalue weighted by atomic mass is 16.2. The topological polar surface area (TPSA) is 106 Å². The summed E-state index contributed by atoms with van der Waals surface area (Å²) in [6.45, 7) is 7.09. The van der Waals surface area contributed by atoms with Gasteiger partial charge in [0.2, 0.25) is 11.8 Å². The third-order valence-electron chi connectivity index (χ3n) is 3.07. The zero-order valence-electron chi connectivity index (χ0n) is 14.4. The zero-order valence-corrected chi connectivity index (χ0v) is 14.4. The van der Waals surface area contributed by atoms with E-state index in [0.717, 1.165) is 0 Å². The molecule has 1 heterocycles. The minimum Gasteiger partial charge on any atom is -0.356 e. The number of hydrogen-bond acceptors (Lipinski definition) is 5. The summed E-state index contributed by atoms with van der Waals surface area (Å²) in [5.74, 6) is -0.0803. The molecule has 8 nitrogen and oxygen atoms in total. The average molecular weight is 335 g/mol. The Morgan fingerprint density at radius 3 is 2.67 bits per heavy atom. The quantitative estimate of drug-likeness (QED) is 0.609. The number of nitrogens with zero attached hydrogens (tertiary/aromatic N) is 3. The lowest BCUT2D eigenvalue weighted by molar-refractivity contribution is -0.121. The molecule has 0 spiro atoms. The number of hydrogen-bond donors (Lipinski definition) is 2. The Kier molecular flexibility index (Phi) is 8.38. The molecule has 0 unspecified atom stereocenters. The van der Waals surface area contributed by atoms with Gasteiger partial charge in [0, 0.05) is 25.5 Å². The predicted molar refractivity (Wildman–Crippen MR) is 88.8 cm³/mol. The molecular weight excluding hydrogens is 310 g/mol. The van der Waals surface area contributed by atoms with Gasteiger partial charge in [-0.25, -0.2) is 0 Å². The molecule has 0 atom stereocenters. The molecule has 0 saturated heterocycles. The standard InChI is InChI=1S/C16H25N5O3/c1-4-14(22)5-6-15(23)18-10-13-11-21(20-19-13)8-7-16(24)17-9-12(2)3/h5-6,11-12H,4,7-10H2,1-3H3,(H,17,24)(H,18,23)/b6-5-. The molecule has 132 valence electrons. The summed E-state index contributed by atoms with van der Waals surface area (Å²) in [4.78, 5) is 34.2. The van der Waals surface area contributed by atoms with Gasteiger partial charge in [-0.05, 0) is 12.0 Å². The van der Waals surface area contributed by atoms with Crippen molar-refractivity contribution in [2.45, 2.75) is 46.7 Å². The maximum atomic E-state index is 11.6. The van der Waals surface area contributed by atoms with Gasteiger partial charge in [-0.15, -0.1) is 5.10 Å². The van der Waals surface area contributed by atoms with Gasteiger partial charge >= 0.3 is 0 Å². The van der Waals surface area contributed by atoms with E-state index in [9.17, 15) is 14.4 Å². The van der Waals surface area contributed by atoms with Crippen LogP contribution < -0.4 is 10.6 Å². The number of aryl methyl sites for hydroxylation is 1. The SMILES string of the molecule is CCC(=O)/C=C\C(=O)NCc1cn(CCC(=O)NCC(C)C)nn1. The number of carbonyl (C=O) groups excluding carboxylic acids is 3. The molecule has 1 aromatic heterocycles. The summed E-state index contributed by atoms with van der Waals surface area (Å²) in [6, 6.07) is 0. The lowest BCUT2D eigenvalue weighted by Crippen LogP contribution is -2.28. The molecular formula is C16H25N5O3.